The summed E-state index contributed by atoms with van der Waals surface area (Å²) in [6.45, 7) is 6.06. The third-order valence-corrected chi connectivity index (χ3v) is 3.16. The molecule has 1 fully saturated rings. The quantitative estimate of drug-likeness (QED) is 0.843. The molecule has 0 bridgehead atoms. The molecule has 16 heavy (non-hydrogen) atoms. The predicted octanol–water partition coefficient (Wildman–Crippen LogP) is 1.71. The summed E-state index contributed by atoms with van der Waals surface area (Å²) in [4.78, 5) is 2.25. The Balaban J connectivity index is 2.23. The van der Waals surface area contributed by atoms with Gasteiger partial charge in [0.1, 0.15) is 6.23 Å². The van der Waals surface area contributed by atoms with Gasteiger partial charge in [-0.3, -0.25) is 4.90 Å². The number of aliphatic hydroxyl groups is 1. The third-order valence-electron chi connectivity index (χ3n) is 3.16. The van der Waals surface area contributed by atoms with Gasteiger partial charge in [-0.2, -0.15) is 0 Å². The van der Waals surface area contributed by atoms with E-state index in [0.29, 0.717) is 0 Å². The first kappa shape index (κ1) is 11.6. The summed E-state index contributed by atoms with van der Waals surface area (Å²) < 4.78 is 5.86. The van der Waals surface area contributed by atoms with E-state index in [-0.39, 0.29) is 18.9 Å². The Morgan fingerprint density at radius 1 is 1.44 bits per heavy atom. The highest BCUT2D eigenvalue weighted by molar-refractivity contribution is 5.28. The van der Waals surface area contributed by atoms with Crippen molar-refractivity contribution in [2.45, 2.75) is 26.2 Å². The van der Waals surface area contributed by atoms with Crippen LogP contribution in [-0.2, 0) is 4.74 Å². The molecule has 2 unspecified atom stereocenters. The van der Waals surface area contributed by atoms with E-state index in [0.717, 1.165) is 13.1 Å². The molecule has 1 aromatic carbocycles. The molecule has 0 radical (unpaired) electrons. The number of ether oxygens (including phenoxy) is 1. The lowest BCUT2D eigenvalue weighted by Crippen LogP contribution is -2.25. The van der Waals surface area contributed by atoms with Crippen molar-refractivity contribution in [1.82, 2.24) is 4.90 Å². The summed E-state index contributed by atoms with van der Waals surface area (Å²) in [5.41, 5.74) is 2.45. The van der Waals surface area contributed by atoms with Crippen molar-refractivity contribution in [3.8, 4) is 0 Å². The minimum atomic E-state index is -0.0513. The zero-order valence-electron chi connectivity index (χ0n) is 9.89. The van der Waals surface area contributed by atoms with Crippen molar-refractivity contribution in [3.05, 3.63) is 35.4 Å². The summed E-state index contributed by atoms with van der Waals surface area (Å²) >= 11 is 0. The molecular weight excluding hydrogens is 202 g/mol. The van der Waals surface area contributed by atoms with Gasteiger partial charge in [0.25, 0.3) is 0 Å². The molecule has 1 heterocycles. The molecule has 3 heteroatoms. The average molecular weight is 221 g/mol. The largest absolute Gasteiger partial charge is 0.394 e. The smallest absolute Gasteiger partial charge is 0.137 e. The second-order valence-corrected chi connectivity index (χ2v) is 4.24. The fourth-order valence-electron chi connectivity index (χ4n) is 2.20. The summed E-state index contributed by atoms with van der Waals surface area (Å²) in [6.07, 6.45) is -0.0482. The first-order valence-corrected chi connectivity index (χ1v) is 5.82. The normalized spacial score (nSPS) is 26.2. The number of aryl methyl sites for hydroxylation is 1. The highest BCUT2D eigenvalue weighted by Gasteiger charge is 2.32. The topological polar surface area (TPSA) is 32.7 Å². The van der Waals surface area contributed by atoms with Crippen LogP contribution in [0.15, 0.2) is 24.3 Å². The van der Waals surface area contributed by atoms with Crippen LogP contribution in [0.4, 0.5) is 0 Å². The van der Waals surface area contributed by atoms with E-state index in [1.165, 1.54) is 11.1 Å². The standard InChI is InChI=1S/C13H19NO2/c1-3-14-8-11(9-15)16-13(14)12-7-5-4-6-10(12)2/h4-7,11,13,15H,3,8-9H2,1-2H3. The summed E-state index contributed by atoms with van der Waals surface area (Å²) in [5.74, 6) is 0. The molecule has 1 saturated heterocycles. The van der Waals surface area contributed by atoms with Gasteiger partial charge in [0, 0.05) is 6.54 Å². The van der Waals surface area contributed by atoms with Gasteiger partial charge in [0.2, 0.25) is 0 Å². The predicted molar refractivity (Wildman–Crippen MR) is 63.1 cm³/mol. The number of nitrogens with zero attached hydrogens (tertiary/aromatic N) is 1. The van der Waals surface area contributed by atoms with E-state index in [1.54, 1.807) is 0 Å². The third kappa shape index (κ3) is 2.12. The zero-order chi connectivity index (χ0) is 11.5. The van der Waals surface area contributed by atoms with Crippen LogP contribution in [0.5, 0.6) is 0 Å². The fourth-order valence-corrected chi connectivity index (χ4v) is 2.20. The highest BCUT2D eigenvalue weighted by atomic mass is 16.5. The van der Waals surface area contributed by atoms with Crippen LogP contribution in [0, 0.1) is 6.92 Å². The molecule has 0 spiro atoms. The van der Waals surface area contributed by atoms with Crippen molar-refractivity contribution in [2.24, 2.45) is 0 Å². The van der Waals surface area contributed by atoms with Crippen LogP contribution in [0.3, 0.4) is 0 Å². The molecule has 1 aliphatic heterocycles. The molecule has 0 aliphatic carbocycles. The van der Waals surface area contributed by atoms with E-state index in [4.69, 9.17) is 9.84 Å². The molecule has 1 aromatic rings. The Morgan fingerprint density at radius 2 is 2.19 bits per heavy atom. The van der Waals surface area contributed by atoms with Gasteiger partial charge >= 0.3 is 0 Å². The molecule has 1 aliphatic rings. The Kier molecular flexibility index (Phi) is 3.59. The van der Waals surface area contributed by atoms with Crippen molar-refractivity contribution >= 4 is 0 Å². The molecule has 88 valence electrons. The van der Waals surface area contributed by atoms with E-state index < -0.39 is 0 Å². The monoisotopic (exact) mass is 221 g/mol. The summed E-state index contributed by atoms with van der Waals surface area (Å²) in [6, 6.07) is 8.26. The van der Waals surface area contributed by atoms with Gasteiger partial charge in [-0.05, 0) is 24.6 Å². The second kappa shape index (κ2) is 4.95. The van der Waals surface area contributed by atoms with E-state index >= 15 is 0 Å². The minimum Gasteiger partial charge on any atom is -0.394 e. The summed E-state index contributed by atoms with van der Waals surface area (Å²) in [7, 11) is 0. The van der Waals surface area contributed by atoms with Crippen LogP contribution >= 0.6 is 0 Å². The van der Waals surface area contributed by atoms with Crippen molar-refractivity contribution in [3.63, 3.8) is 0 Å². The number of benzene rings is 1. The van der Waals surface area contributed by atoms with Crippen molar-refractivity contribution in [1.29, 1.82) is 0 Å². The van der Waals surface area contributed by atoms with Crippen molar-refractivity contribution < 1.29 is 9.84 Å². The Labute approximate surface area is 96.6 Å². The SMILES string of the molecule is CCN1CC(CO)OC1c1ccccc1C. The zero-order valence-corrected chi connectivity index (χ0v) is 9.89. The van der Waals surface area contributed by atoms with E-state index in [1.807, 2.05) is 12.1 Å². The number of likely N-dealkylation sites (N-methyl/N-ethyl adjacent to an activating group) is 1. The molecule has 1 N–H and O–H groups in total. The van der Waals surface area contributed by atoms with Gasteiger partial charge in [0.15, 0.2) is 0 Å². The molecular formula is C13H19NO2. The maximum absolute atomic E-state index is 9.16. The van der Waals surface area contributed by atoms with Gasteiger partial charge in [-0.15, -0.1) is 0 Å². The van der Waals surface area contributed by atoms with Gasteiger partial charge in [-0.1, -0.05) is 31.2 Å². The molecule has 3 nitrogen and oxygen atoms in total. The lowest BCUT2D eigenvalue weighted by molar-refractivity contribution is -0.0187. The van der Waals surface area contributed by atoms with Crippen LogP contribution in [0.2, 0.25) is 0 Å². The molecule has 2 rings (SSSR count). The number of hydrogen-bond donors (Lipinski definition) is 1. The van der Waals surface area contributed by atoms with Gasteiger partial charge in [-0.25, -0.2) is 0 Å². The molecule has 0 aromatic heterocycles. The fraction of sp³-hybridized carbons (Fsp3) is 0.538. The molecule has 0 amide bonds. The second-order valence-electron chi connectivity index (χ2n) is 4.24. The summed E-state index contributed by atoms with van der Waals surface area (Å²) in [5, 5.41) is 9.16. The minimum absolute atomic E-state index is 0.00310. The first-order valence-electron chi connectivity index (χ1n) is 5.82. The first-order chi connectivity index (χ1) is 7.76. The Morgan fingerprint density at radius 3 is 2.81 bits per heavy atom. The lowest BCUT2D eigenvalue weighted by Gasteiger charge is -2.22. The van der Waals surface area contributed by atoms with Crippen LogP contribution < -0.4 is 0 Å². The maximum Gasteiger partial charge on any atom is 0.137 e. The van der Waals surface area contributed by atoms with Crippen LogP contribution in [0.25, 0.3) is 0 Å². The average Bonchev–Trinajstić information content (AvgIpc) is 2.72. The van der Waals surface area contributed by atoms with Gasteiger partial charge in [0.05, 0.1) is 12.7 Å². The van der Waals surface area contributed by atoms with Crippen molar-refractivity contribution in [2.75, 3.05) is 19.7 Å². The van der Waals surface area contributed by atoms with Gasteiger partial charge < -0.3 is 9.84 Å². The lowest BCUT2D eigenvalue weighted by atomic mass is 10.1. The molecule has 2 atom stereocenters. The Bertz CT molecular complexity index is 354. The number of rotatable bonds is 3. The van der Waals surface area contributed by atoms with E-state index in [9.17, 15) is 0 Å². The Hall–Kier alpha value is -0.900. The van der Waals surface area contributed by atoms with Crippen LogP contribution in [-0.4, -0.2) is 35.8 Å². The van der Waals surface area contributed by atoms with E-state index in [2.05, 4.69) is 30.9 Å². The molecule has 0 saturated carbocycles. The number of aliphatic hydroxyl groups excluding tert-OH is 1. The maximum atomic E-state index is 9.16. The number of hydrogen-bond acceptors (Lipinski definition) is 3. The highest BCUT2D eigenvalue weighted by Crippen LogP contribution is 2.31. The van der Waals surface area contributed by atoms with Crippen LogP contribution in [0.1, 0.15) is 24.3 Å².